The number of thioether (sulfide) groups is 1. The van der Waals surface area contributed by atoms with E-state index in [1.807, 2.05) is 11.8 Å². The van der Waals surface area contributed by atoms with Gasteiger partial charge in [-0.3, -0.25) is 4.99 Å². The van der Waals surface area contributed by atoms with Crippen LogP contribution in [-0.4, -0.2) is 37.2 Å². The standard InChI is InChI=1S/C11H20N2OS/c1-9-6-13-11(15-8-9)12-4-2-10-3-5-14-7-10/h9-10H,2-8H2,1H3,(H,12,13). The minimum absolute atomic E-state index is 0.740. The second kappa shape index (κ2) is 5.75. The summed E-state index contributed by atoms with van der Waals surface area (Å²) in [5.41, 5.74) is 0. The quantitative estimate of drug-likeness (QED) is 0.799. The Morgan fingerprint density at radius 3 is 3.20 bits per heavy atom. The summed E-state index contributed by atoms with van der Waals surface area (Å²) >= 11 is 1.86. The van der Waals surface area contributed by atoms with Crippen LogP contribution in [0.4, 0.5) is 0 Å². The van der Waals surface area contributed by atoms with Gasteiger partial charge in [-0.2, -0.15) is 0 Å². The summed E-state index contributed by atoms with van der Waals surface area (Å²) in [7, 11) is 0. The third-order valence-electron chi connectivity index (χ3n) is 2.90. The van der Waals surface area contributed by atoms with Crippen LogP contribution >= 0.6 is 11.8 Å². The Morgan fingerprint density at radius 2 is 2.53 bits per heavy atom. The lowest BCUT2D eigenvalue weighted by molar-refractivity contribution is 0.184. The Kier molecular flexibility index (Phi) is 4.32. The lowest BCUT2D eigenvalue weighted by Gasteiger charge is -2.18. The molecule has 3 nitrogen and oxygen atoms in total. The van der Waals surface area contributed by atoms with Crippen molar-refractivity contribution >= 4 is 16.9 Å². The van der Waals surface area contributed by atoms with Gasteiger partial charge < -0.3 is 10.1 Å². The fraction of sp³-hybridized carbons (Fsp3) is 0.909. The Morgan fingerprint density at radius 1 is 1.60 bits per heavy atom. The van der Waals surface area contributed by atoms with Crippen molar-refractivity contribution in [3.8, 4) is 0 Å². The van der Waals surface area contributed by atoms with E-state index in [0.29, 0.717) is 0 Å². The topological polar surface area (TPSA) is 33.6 Å². The number of nitrogens with one attached hydrogen (secondary N) is 1. The Labute approximate surface area is 96.1 Å². The molecule has 0 bridgehead atoms. The first-order valence-electron chi connectivity index (χ1n) is 5.83. The van der Waals surface area contributed by atoms with E-state index in [4.69, 9.17) is 4.74 Å². The lowest BCUT2D eigenvalue weighted by Crippen LogP contribution is -2.28. The fourth-order valence-electron chi connectivity index (χ4n) is 1.86. The van der Waals surface area contributed by atoms with Crippen LogP contribution in [0.25, 0.3) is 0 Å². The molecule has 0 amide bonds. The minimum Gasteiger partial charge on any atom is -0.381 e. The third-order valence-corrected chi connectivity index (χ3v) is 4.19. The van der Waals surface area contributed by atoms with Gasteiger partial charge in [-0.15, -0.1) is 0 Å². The lowest BCUT2D eigenvalue weighted by atomic mass is 10.1. The highest BCUT2D eigenvalue weighted by molar-refractivity contribution is 8.13. The maximum atomic E-state index is 5.35. The molecule has 2 atom stereocenters. The van der Waals surface area contributed by atoms with E-state index in [0.717, 1.165) is 43.3 Å². The number of rotatable bonds is 3. The molecule has 15 heavy (non-hydrogen) atoms. The zero-order chi connectivity index (χ0) is 10.5. The number of aliphatic imine (C=N–C) groups is 1. The van der Waals surface area contributed by atoms with Crippen LogP contribution in [-0.2, 0) is 4.74 Å². The molecule has 0 radical (unpaired) electrons. The molecular formula is C11H20N2OS. The highest BCUT2D eigenvalue weighted by Crippen LogP contribution is 2.17. The van der Waals surface area contributed by atoms with Gasteiger partial charge in [-0.25, -0.2) is 0 Å². The smallest absolute Gasteiger partial charge is 0.156 e. The van der Waals surface area contributed by atoms with Crippen LogP contribution in [0.1, 0.15) is 19.8 Å². The number of amidine groups is 1. The summed E-state index contributed by atoms with van der Waals surface area (Å²) in [5.74, 6) is 2.72. The molecule has 1 N–H and O–H groups in total. The Bertz CT molecular complexity index is 227. The molecule has 4 heteroatoms. The first kappa shape index (κ1) is 11.3. The largest absolute Gasteiger partial charge is 0.381 e. The van der Waals surface area contributed by atoms with Crippen LogP contribution in [0, 0.1) is 11.8 Å². The highest BCUT2D eigenvalue weighted by atomic mass is 32.2. The Hall–Kier alpha value is -0.220. The van der Waals surface area contributed by atoms with E-state index in [9.17, 15) is 0 Å². The normalized spacial score (nSPS) is 31.4. The first-order chi connectivity index (χ1) is 7.34. The van der Waals surface area contributed by atoms with Gasteiger partial charge in [-0.05, 0) is 24.7 Å². The molecule has 2 heterocycles. The van der Waals surface area contributed by atoms with Crippen molar-refractivity contribution in [2.45, 2.75) is 19.8 Å². The molecule has 0 aromatic carbocycles. The summed E-state index contributed by atoms with van der Waals surface area (Å²) in [6.07, 6.45) is 2.45. The molecule has 0 saturated carbocycles. The monoisotopic (exact) mass is 228 g/mol. The second-order valence-electron chi connectivity index (χ2n) is 4.51. The number of hydrogen-bond donors (Lipinski definition) is 1. The maximum absolute atomic E-state index is 5.35. The van der Waals surface area contributed by atoms with Crippen LogP contribution in [0.5, 0.6) is 0 Å². The fourth-order valence-corrected chi connectivity index (χ4v) is 2.78. The van der Waals surface area contributed by atoms with Gasteiger partial charge in [0.15, 0.2) is 5.17 Å². The molecular weight excluding hydrogens is 208 g/mol. The average Bonchev–Trinajstić information content (AvgIpc) is 2.74. The van der Waals surface area contributed by atoms with Crippen LogP contribution < -0.4 is 5.32 Å². The van der Waals surface area contributed by atoms with Crippen molar-refractivity contribution in [3.63, 3.8) is 0 Å². The summed E-state index contributed by atoms with van der Waals surface area (Å²) in [4.78, 5) is 4.51. The highest BCUT2D eigenvalue weighted by Gasteiger charge is 2.16. The molecule has 2 aliphatic heterocycles. The van der Waals surface area contributed by atoms with Gasteiger partial charge in [-0.1, -0.05) is 18.7 Å². The third kappa shape index (κ3) is 3.68. The zero-order valence-electron chi connectivity index (χ0n) is 9.37. The van der Waals surface area contributed by atoms with E-state index >= 15 is 0 Å². The van der Waals surface area contributed by atoms with Crippen molar-refractivity contribution in [1.82, 2.24) is 5.32 Å². The van der Waals surface area contributed by atoms with Gasteiger partial charge >= 0.3 is 0 Å². The molecule has 1 saturated heterocycles. The van der Waals surface area contributed by atoms with Crippen molar-refractivity contribution in [2.75, 3.05) is 32.1 Å². The average molecular weight is 228 g/mol. The summed E-state index contributed by atoms with van der Waals surface area (Å²) < 4.78 is 5.35. The molecule has 2 aliphatic rings. The zero-order valence-corrected chi connectivity index (χ0v) is 10.2. The van der Waals surface area contributed by atoms with Crippen molar-refractivity contribution in [2.24, 2.45) is 16.8 Å². The number of hydrogen-bond acceptors (Lipinski definition) is 4. The summed E-state index contributed by atoms with van der Waals surface area (Å²) in [6.45, 7) is 6.20. The van der Waals surface area contributed by atoms with Crippen LogP contribution in [0.2, 0.25) is 0 Å². The van der Waals surface area contributed by atoms with Gasteiger partial charge in [0.2, 0.25) is 0 Å². The molecule has 0 aromatic heterocycles. The summed E-state index contributed by atoms with van der Waals surface area (Å²) in [5, 5.41) is 4.57. The van der Waals surface area contributed by atoms with Gasteiger partial charge in [0, 0.05) is 32.1 Å². The van der Waals surface area contributed by atoms with Gasteiger partial charge in [0.05, 0.1) is 0 Å². The number of nitrogens with zero attached hydrogens (tertiary/aromatic N) is 1. The van der Waals surface area contributed by atoms with E-state index in [2.05, 4.69) is 17.2 Å². The van der Waals surface area contributed by atoms with Gasteiger partial charge in [0.1, 0.15) is 0 Å². The minimum atomic E-state index is 0.740. The SMILES string of the molecule is CC1CN=C(NCCC2CCOC2)SC1. The molecule has 86 valence electrons. The van der Waals surface area contributed by atoms with E-state index in [1.54, 1.807) is 0 Å². The van der Waals surface area contributed by atoms with E-state index in [1.165, 1.54) is 18.6 Å². The Balaban J connectivity index is 1.61. The van der Waals surface area contributed by atoms with Crippen molar-refractivity contribution in [3.05, 3.63) is 0 Å². The predicted molar refractivity (Wildman–Crippen MR) is 65.5 cm³/mol. The van der Waals surface area contributed by atoms with Crippen LogP contribution in [0.15, 0.2) is 4.99 Å². The molecule has 1 fully saturated rings. The first-order valence-corrected chi connectivity index (χ1v) is 6.82. The molecule has 0 spiro atoms. The molecule has 2 rings (SSSR count). The van der Waals surface area contributed by atoms with Gasteiger partial charge in [0.25, 0.3) is 0 Å². The molecule has 0 aliphatic carbocycles. The molecule has 0 aromatic rings. The van der Waals surface area contributed by atoms with Crippen molar-refractivity contribution < 1.29 is 4.74 Å². The van der Waals surface area contributed by atoms with Crippen LogP contribution in [0.3, 0.4) is 0 Å². The predicted octanol–water partition coefficient (Wildman–Crippen LogP) is 1.74. The summed E-state index contributed by atoms with van der Waals surface area (Å²) in [6, 6.07) is 0. The number of ether oxygens (including phenoxy) is 1. The molecule has 2 unspecified atom stereocenters. The van der Waals surface area contributed by atoms with E-state index < -0.39 is 0 Å². The van der Waals surface area contributed by atoms with Crippen molar-refractivity contribution in [1.29, 1.82) is 0 Å². The van der Waals surface area contributed by atoms with E-state index in [-0.39, 0.29) is 0 Å². The maximum Gasteiger partial charge on any atom is 0.156 e. The second-order valence-corrected chi connectivity index (χ2v) is 5.52.